The van der Waals surface area contributed by atoms with Crippen molar-refractivity contribution < 1.29 is 31.2 Å². The Morgan fingerprint density at radius 1 is 1.12 bits per heavy atom. The predicted molar refractivity (Wildman–Crippen MR) is 119 cm³/mol. The molecule has 7 nitrogen and oxygen atoms in total. The topological polar surface area (TPSA) is 86.8 Å². The number of benzene rings is 2. The maximum atomic E-state index is 13.3. The molecule has 33 heavy (non-hydrogen) atoms. The Morgan fingerprint density at radius 2 is 1.73 bits per heavy atom. The van der Waals surface area contributed by atoms with Gasteiger partial charge in [-0.2, -0.15) is 13.2 Å². The number of hydrogen-bond donors (Lipinski definition) is 1. The van der Waals surface area contributed by atoms with Gasteiger partial charge in [-0.05, 0) is 30.7 Å². The summed E-state index contributed by atoms with van der Waals surface area (Å²) in [6.45, 7) is 0.640. The third-order valence-corrected chi connectivity index (χ3v) is 6.30. The number of likely N-dealkylation sites (N-methyl/N-ethyl adjacent to an activating group) is 1. The Hall–Kier alpha value is -2.79. The maximum absolute atomic E-state index is 13.3. The number of hydrogen-bond acceptors (Lipinski definition) is 4. The van der Waals surface area contributed by atoms with E-state index >= 15 is 0 Å². The fourth-order valence-corrected chi connectivity index (χ4v) is 4.14. The van der Waals surface area contributed by atoms with Crippen LogP contribution in [0.2, 0.25) is 5.02 Å². The molecule has 0 heterocycles. The van der Waals surface area contributed by atoms with Gasteiger partial charge in [0.2, 0.25) is 21.8 Å². The van der Waals surface area contributed by atoms with Crippen LogP contribution in [0.4, 0.5) is 18.9 Å². The van der Waals surface area contributed by atoms with E-state index in [1.54, 1.807) is 30.3 Å². The average Bonchev–Trinajstić information content (AvgIpc) is 2.74. The zero-order chi connectivity index (χ0) is 25.0. The average molecular weight is 506 g/mol. The number of nitrogens with zero attached hydrogens (tertiary/aromatic N) is 2. The normalized spacial score (nSPS) is 12.7. The second kappa shape index (κ2) is 10.4. The number of halogens is 4. The molecule has 0 aliphatic carbocycles. The van der Waals surface area contributed by atoms with Crippen LogP contribution in [-0.4, -0.2) is 51.0 Å². The van der Waals surface area contributed by atoms with E-state index in [9.17, 15) is 31.2 Å². The molecule has 0 bridgehead atoms. The van der Waals surface area contributed by atoms with Crippen LogP contribution in [0, 0.1) is 0 Å². The fraction of sp³-hybridized carbons (Fsp3) is 0.333. The molecule has 2 amide bonds. The van der Waals surface area contributed by atoms with E-state index in [0.717, 1.165) is 23.3 Å². The largest absolute Gasteiger partial charge is 0.417 e. The summed E-state index contributed by atoms with van der Waals surface area (Å²) >= 11 is 5.63. The number of carbonyl (C=O) groups excluding carboxylic acids is 2. The van der Waals surface area contributed by atoms with Gasteiger partial charge in [-0.3, -0.25) is 13.9 Å². The first-order valence-corrected chi connectivity index (χ1v) is 11.9. The smallest absolute Gasteiger partial charge is 0.357 e. The van der Waals surface area contributed by atoms with E-state index in [2.05, 4.69) is 5.32 Å². The lowest BCUT2D eigenvalue weighted by atomic mass is 10.1. The van der Waals surface area contributed by atoms with Gasteiger partial charge in [0.15, 0.2) is 0 Å². The molecule has 0 unspecified atom stereocenters. The molecular weight excluding hydrogens is 483 g/mol. The van der Waals surface area contributed by atoms with Crippen molar-refractivity contribution in [3.05, 3.63) is 64.7 Å². The number of amides is 2. The molecule has 2 aromatic rings. The van der Waals surface area contributed by atoms with Crippen molar-refractivity contribution in [1.29, 1.82) is 0 Å². The summed E-state index contributed by atoms with van der Waals surface area (Å²) in [6, 6.07) is 10.3. The minimum atomic E-state index is -4.83. The van der Waals surface area contributed by atoms with Crippen LogP contribution in [0.15, 0.2) is 48.5 Å². The summed E-state index contributed by atoms with van der Waals surface area (Å²) in [7, 11) is -2.78. The van der Waals surface area contributed by atoms with Gasteiger partial charge in [0.25, 0.3) is 0 Å². The van der Waals surface area contributed by atoms with E-state index in [0.29, 0.717) is 15.9 Å². The molecule has 180 valence electrons. The summed E-state index contributed by atoms with van der Waals surface area (Å²) < 4.78 is 65.2. The van der Waals surface area contributed by atoms with Crippen LogP contribution in [-0.2, 0) is 32.3 Å². The van der Waals surface area contributed by atoms with E-state index in [1.165, 1.54) is 14.0 Å². The number of alkyl halides is 3. The first-order chi connectivity index (χ1) is 15.3. The molecule has 0 spiro atoms. The highest BCUT2D eigenvalue weighted by molar-refractivity contribution is 7.92. The van der Waals surface area contributed by atoms with E-state index < -0.39 is 51.2 Å². The summed E-state index contributed by atoms with van der Waals surface area (Å²) in [4.78, 5) is 26.6. The Labute approximate surface area is 195 Å². The van der Waals surface area contributed by atoms with Gasteiger partial charge in [0.1, 0.15) is 12.6 Å². The first kappa shape index (κ1) is 26.5. The van der Waals surface area contributed by atoms with Gasteiger partial charge < -0.3 is 10.2 Å². The first-order valence-electron chi connectivity index (χ1n) is 9.65. The van der Waals surface area contributed by atoms with E-state index in [4.69, 9.17) is 11.6 Å². The molecule has 0 fully saturated rings. The molecule has 0 saturated carbocycles. The summed E-state index contributed by atoms with van der Waals surface area (Å²) in [6.07, 6.45) is -4.06. The molecule has 0 saturated heterocycles. The quantitative estimate of drug-likeness (QED) is 0.596. The van der Waals surface area contributed by atoms with E-state index in [-0.39, 0.29) is 12.2 Å². The zero-order valence-electron chi connectivity index (χ0n) is 18.1. The lowest BCUT2D eigenvalue weighted by molar-refractivity contribution is -0.139. The van der Waals surface area contributed by atoms with E-state index in [1.807, 2.05) is 0 Å². The lowest BCUT2D eigenvalue weighted by Crippen LogP contribution is -2.50. The minimum Gasteiger partial charge on any atom is -0.357 e. The van der Waals surface area contributed by atoms with Crippen LogP contribution < -0.4 is 9.62 Å². The Balaban J connectivity index is 2.46. The van der Waals surface area contributed by atoms with Crippen LogP contribution in [0.5, 0.6) is 0 Å². The molecule has 0 aliphatic heterocycles. The van der Waals surface area contributed by atoms with Crippen LogP contribution in [0.1, 0.15) is 18.1 Å². The van der Waals surface area contributed by atoms with Crippen molar-refractivity contribution >= 4 is 39.1 Å². The highest BCUT2D eigenvalue weighted by atomic mass is 35.5. The molecule has 2 aromatic carbocycles. The molecule has 0 aliphatic rings. The molecule has 0 radical (unpaired) electrons. The molecule has 12 heteroatoms. The van der Waals surface area contributed by atoms with Gasteiger partial charge in [0, 0.05) is 13.6 Å². The van der Waals surface area contributed by atoms with Crippen molar-refractivity contribution in [2.75, 3.05) is 24.2 Å². The van der Waals surface area contributed by atoms with Crippen LogP contribution in [0.25, 0.3) is 0 Å². The van der Waals surface area contributed by atoms with Gasteiger partial charge in [-0.25, -0.2) is 8.42 Å². The lowest BCUT2D eigenvalue weighted by Gasteiger charge is -2.31. The predicted octanol–water partition coefficient (Wildman–Crippen LogP) is 3.29. The van der Waals surface area contributed by atoms with Gasteiger partial charge in [-0.1, -0.05) is 41.9 Å². The number of anilines is 1. The Kier molecular flexibility index (Phi) is 8.36. The van der Waals surface area contributed by atoms with Crippen molar-refractivity contribution in [2.24, 2.45) is 0 Å². The molecule has 2 rings (SSSR count). The van der Waals surface area contributed by atoms with Crippen molar-refractivity contribution in [3.63, 3.8) is 0 Å². The number of sulfonamides is 1. The van der Waals surface area contributed by atoms with Crippen LogP contribution in [0.3, 0.4) is 0 Å². The Morgan fingerprint density at radius 3 is 2.24 bits per heavy atom. The maximum Gasteiger partial charge on any atom is 0.417 e. The SMILES string of the molecule is CNC(=O)[C@@H](C)N(Cc1ccccc1)C(=O)CN(c1ccc(Cl)c(C(F)(F)F)c1)S(C)(=O)=O. The zero-order valence-corrected chi connectivity index (χ0v) is 19.6. The highest BCUT2D eigenvalue weighted by Crippen LogP contribution is 2.37. The van der Waals surface area contributed by atoms with Gasteiger partial charge in [0.05, 0.1) is 22.5 Å². The Bertz CT molecular complexity index is 1110. The van der Waals surface area contributed by atoms with Crippen molar-refractivity contribution in [2.45, 2.75) is 25.7 Å². The summed E-state index contributed by atoms with van der Waals surface area (Å²) in [5.41, 5.74) is -0.934. The third-order valence-electron chi connectivity index (χ3n) is 4.83. The van der Waals surface area contributed by atoms with Gasteiger partial charge >= 0.3 is 6.18 Å². The number of rotatable bonds is 8. The van der Waals surface area contributed by atoms with Crippen molar-refractivity contribution in [3.8, 4) is 0 Å². The van der Waals surface area contributed by atoms with Gasteiger partial charge in [-0.15, -0.1) is 0 Å². The molecular formula is C21H23ClF3N3O4S. The standard InChI is InChI=1S/C21H23ClF3N3O4S/c1-14(20(30)26-2)27(12-15-7-5-4-6-8-15)19(29)13-28(33(3,31)32)16-9-10-18(22)17(11-16)21(23,24)25/h4-11,14H,12-13H2,1-3H3,(H,26,30)/t14-/m1/s1. The number of nitrogens with one attached hydrogen (secondary N) is 1. The second-order valence-electron chi connectivity index (χ2n) is 7.23. The van der Waals surface area contributed by atoms with Crippen LogP contribution >= 0.6 is 11.6 Å². The second-order valence-corrected chi connectivity index (χ2v) is 9.54. The van der Waals surface area contributed by atoms with Crippen molar-refractivity contribution in [1.82, 2.24) is 10.2 Å². The minimum absolute atomic E-state index is 0.0136. The molecule has 0 aromatic heterocycles. The highest BCUT2D eigenvalue weighted by Gasteiger charge is 2.35. The number of carbonyl (C=O) groups is 2. The monoisotopic (exact) mass is 505 g/mol. The third kappa shape index (κ3) is 6.84. The molecule has 1 N–H and O–H groups in total. The molecule has 1 atom stereocenters. The fourth-order valence-electron chi connectivity index (χ4n) is 3.07. The summed E-state index contributed by atoms with van der Waals surface area (Å²) in [5.74, 6) is -1.26. The summed E-state index contributed by atoms with van der Waals surface area (Å²) in [5, 5.41) is 1.82.